The first kappa shape index (κ1) is 144. The van der Waals surface area contributed by atoms with Crippen molar-refractivity contribution in [1.29, 1.82) is 0 Å². The molecule has 0 saturated heterocycles. The number of Topliss-reactive ketones (excluding diaryl/α,β-unsaturated/α-hetero) is 6. The fraction of sp³-hybridized carbons (Fsp3) is 0.842. The van der Waals surface area contributed by atoms with Crippen LogP contribution in [0.4, 0.5) is 0 Å². The van der Waals surface area contributed by atoms with Crippen LogP contribution < -0.4 is 0 Å². The van der Waals surface area contributed by atoms with Crippen LogP contribution in [0.25, 0.3) is 0 Å². The van der Waals surface area contributed by atoms with Crippen molar-refractivity contribution in [3.8, 4) is 0 Å². The number of ether oxygens (including phenoxy) is 8. The molecule has 0 aliphatic rings. The minimum absolute atomic E-state index is 0.00593. The molecule has 4 atom stereocenters. The Morgan fingerprint density at radius 3 is 0.902 bits per heavy atom. The zero-order valence-corrected chi connectivity index (χ0v) is 73.1. The summed E-state index contributed by atoms with van der Waals surface area (Å²) in [5.41, 5.74) is 0. The van der Waals surface area contributed by atoms with E-state index in [0.29, 0.717) is 39.3 Å². The fourth-order valence-corrected chi connectivity index (χ4v) is 5.37. The highest BCUT2D eigenvalue weighted by Gasteiger charge is 2.20. The van der Waals surface area contributed by atoms with E-state index in [0.717, 1.165) is 6.42 Å². The maximum absolute atomic E-state index is 10.9. The lowest BCUT2D eigenvalue weighted by Gasteiger charge is -2.18. The Hall–Kier alpha value is -5.88. The van der Waals surface area contributed by atoms with Crippen LogP contribution in [0.1, 0.15) is 262 Å². The summed E-state index contributed by atoms with van der Waals surface area (Å²) in [6.45, 7) is 43.9. The van der Waals surface area contributed by atoms with E-state index in [-0.39, 0.29) is 165 Å². The van der Waals surface area contributed by atoms with Gasteiger partial charge in [0.15, 0.2) is 5.78 Å². The van der Waals surface area contributed by atoms with Crippen LogP contribution in [0.15, 0.2) is 0 Å². The average molecular weight is 1650 g/mol. The van der Waals surface area contributed by atoms with Crippen LogP contribution in [-0.2, 0) is 95.4 Å². The number of carboxylic acids is 6. The molecule has 0 heterocycles. The summed E-state index contributed by atoms with van der Waals surface area (Å²) in [6.07, 6.45) is 7.48. The van der Waals surface area contributed by atoms with Crippen molar-refractivity contribution in [2.45, 2.75) is 280 Å². The third-order valence-electron chi connectivity index (χ3n) is 9.01. The first-order chi connectivity index (χ1) is 52.5. The van der Waals surface area contributed by atoms with E-state index in [1.807, 2.05) is 6.92 Å². The molecule has 0 radical (unpaired) electrons. The van der Waals surface area contributed by atoms with Crippen molar-refractivity contribution in [3.63, 3.8) is 0 Å². The normalized spacial score (nSPS) is 10.2. The minimum atomic E-state index is -1.09. The van der Waals surface area contributed by atoms with Gasteiger partial charge in [0.25, 0.3) is 0 Å². The third kappa shape index (κ3) is 225. The lowest BCUT2D eigenvalue weighted by molar-refractivity contribution is -0.146. The van der Waals surface area contributed by atoms with Crippen LogP contribution in [0.3, 0.4) is 0 Å². The second kappa shape index (κ2) is 134. The van der Waals surface area contributed by atoms with Gasteiger partial charge in [0.05, 0.1) is 104 Å². The lowest BCUT2D eigenvalue weighted by atomic mass is 10.0. The van der Waals surface area contributed by atoms with E-state index >= 15 is 0 Å². The second-order valence-electron chi connectivity index (χ2n) is 23.0. The maximum atomic E-state index is 10.9. The molecule has 0 aromatic heterocycles. The Kier molecular flexibility index (Phi) is 173. The number of aliphatic hydroxyl groups excluding tert-OH is 8. The highest BCUT2D eigenvalue weighted by Crippen LogP contribution is 2.10. The lowest BCUT2D eigenvalue weighted by Crippen LogP contribution is -2.36. The standard InChI is InChI=1S/C10H19NO6.C9H16O5.C8H15NO5.C8H14O5.C7H12O5.C5H8O3.C4H10O2.7C3H8.C2H6O2.C2H6O/c1-9(13)6-11(7-10(14)15)2-3-16-4-5-17-8-12;1-3-7(11)5-14-8(6(2)10)4-9(12)13;1-7(11)4-9(5-8(12)13)2-3-14-6-10;1-6(10)2-7(3-8(11)12)4-13-5-9;1-5(9)2-6(12-4-8)3-7(10)11;1-4(6)2-3-5(7)8;1-2-3-6-4-5;7*1-3-2;1-4-2-3;1-2-3/h12H,2-8H2,1H3,(H,14,15);7-8,11H,3-5H2,1-2H3,(H,12,13);10H,2-6H2,1H3,(H,12,13);7,9H,2-5H2,1H3,(H,11,12);6,8H,2-4H2,1H3,(H,10,11);2-3H2,1H3,(H,7,8);5H,2-4H2,1H3;7*3H2,1-2H3;3H,2H2,1H3;3H,2H2,1H3. The predicted octanol–water partition coefficient (Wildman–Crippen LogP) is 8.18. The van der Waals surface area contributed by atoms with Gasteiger partial charge < -0.3 is 119 Å². The van der Waals surface area contributed by atoms with E-state index in [4.69, 9.17) is 81.0 Å². The summed E-state index contributed by atoms with van der Waals surface area (Å²) in [4.78, 5) is 128. The van der Waals surface area contributed by atoms with Gasteiger partial charge in [-0.1, -0.05) is 156 Å². The molecule has 36 heteroatoms. The largest absolute Gasteiger partial charge is 0.481 e. The van der Waals surface area contributed by atoms with Gasteiger partial charge in [-0.2, -0.15) is 0 Å². The number of hydrogen-bond acceptors (Lipinski definition) is 30. The molecule has 14 N–H and O–H groups in total. The number of aliphatic hydroxyl groups is 8. The Morgan fingerprint density at radius 1 is 0.330 bits per heavy atom. The van der Waals surface area contributed by atoms with Gasteiger partial charge in [-0.05, 0) is 67.2 Å². The van der Waals surface area contributed by atoms with Crippen molar-refractivity contribution in [1.82, 2.24) is 9.80 Å². The monoisotopic (exact) mass is 1650 g/mol. The zero-order valence-electron chi connectivity index (χ0n) is 73.1. The van der Waals surface area contributed by atoms with Crippen molar-refractivity contribution >= 4 is 70.5 Å². The van der Waals surface area contributed by atoms with E-state index in [9.17, 15) is 57.5 Å². The quantitative estimate of drug-likeness (QED) is 0.0202. The Bertz CT molecular complexity index is 1850. The van der Waals surface area contributed by atoms with E-state index in [1.54, 1.807) is 13.8 Å². The van der Waals surface area contributed by atoms with Gasteiger partial charge in [-0.3, -0.25) is 57.7 Å². The first-order valence-corrected chi connectivity index (χ1v) is 37.8. The Morgan fingerprint density at radius 2 is 0.661 bits per heavy atom. The van der Waals surface area contributed by atoms with Crippen molar-refractivity contribution < 1.29 is 167 Å². The molecular weight excluding hydrogens is 1480 g/mol. The van der Waals surface area contributed by atoms with Gasteiger partial charge in [0.2, 0.25) is 0 Å². The molecule has 0 aromatic carbocycles. The number of rotatable bonds is 46. The van der Waals surface area contributed by atoms with Crippen LogP contribution >= 0.6 is 0 Å². The predicted molar refractivity (Wildman–Crippen MR) is 428 cm³/mol. The summed E-state index contributed by atoms with van der Waals surface area (Å²) in [5, 5.41) is 116. The third-order valence-corrected chi connectivity index (χ3v) is 9.01. The second-order valence-corrected chi connectivity index (χ2v) is 23.0. The van der Waals surface area contributed by atoms with Crippen molar-refractivity contribution in [3.05, 3.63) is 0 Å². The number of methoxy groups -OCH3 is 1. The summed E-state index contributed by atoms with van der Waals surface area (Å²) in [6, 6.07) is 0. The fourth-order valence-electron chi connectivity index (χ4n) is 5.37. The number of nitrogens with zero attached hydrogens (tertiary/aromatic N) is 2. The average Bonchev–Trinajstić information content (AvgIpc) is 0.929. The minimum Gasteiger partial charge on any atom is -0.481 e. The van der Waals surface area contributed by atoms with Crippen molar-refractivity contribution in [2.75, 3.05) is 140 Å². The van der Waals surface area contributed by atoms with Gasteiger partial charge in [0, 0.05) is 52.7 Å². The molecular formula is C76H162N2O34. The van der Waals surface area contributed by atoms with E-state index in [2.05, 4.69) is 125 Å². The van der Waals surface area contributed by atoms with Gasteiger partial charge in [0.1, 0.15) is 75.8 Å². The molecule has 112 heavy (non-hydrogen) atoms. The topological polar surface area (TPSA) is 568 Å². The molecule has 0 amide bonds. The number of hydrogen-bond donors (Lipinski definition) is 14. The molecule has 36 nitrogen and oxygen atoms in total. The van der Waals surface area contributed by atoms with Crippen LogP contribution in [-0.4, -0.2) is 310 Å². The van der Waals surface area contributed by atoms with Crippen LogP contribution in [0.5, 0.6) is 0 Å². The summed E-state index contributed by atoms with van der Waals surface area (Å²) in [7, 11) is 1.43. The summed E-state index contributed by atoms with van der Waals surface area (Å²) in [5.74, 6) is -7.16. The molecule has 0 bridgehead atoms. The molecule has 0 aliphatic carbocycles. The Labute approximate surface area is 671 Å². The highest BCUT2D eigenvalue weighted by atomic mass is 16.6. The van der Waals surface area contributed by atoms with Gasteiger partial charge in [-0.25, -0.2) is 0 Å². The molecule has 0 saturated carbocycles. The first-order valence-electron chi connectivity index (χ1n) is 37.8. The molecule has 0 fully saturated rings. The molecule has 0 aliphatic heterocycles. The maximum Gasteiger partial charge on any atom is 0.317 e. The van der Waals surface area contributed by atoms with Gasteiger partial charge in [-0.15, -0.1) is 0 Å². The molecule has 0 rings (SSSR count). The molecule has 680 valence electrons. The molecule has 0 spiro atoms. The molecule has 0 aromatic rings. The number of ketones is 6. The highest BCUT2D eigenvalue weighted by molar-refractivity contribution is 5.85. The van der Waals surface area contributed by atoms with Crippen LogP contribution in [0, 0.1) is 5.92 Å². The number of aliphatic carboxylic acids is 6. The summed E-state index contributed by atoms with van der Waals surface area (Å²) >= 11 is 0. The van der Waals surface area contributed by atoms with Crippen molar-refractivity contribution in [2.24, 2.45) is 5.92 Å². The molecule has 4 unspecified atom stereocenters. The van der Waals surface area contributed by atoms with Crippen LogP contribution in [0.2, 0.25) is 0 Å². The van der Waals surface area contributed by atoms with Gasteiger partial charge >= 0.3 is 35.8 Å². The number of carbonyl (C=O) groups is 12. The summed E-state index contributed by atoms with van der Waals surface area (Å²) < 4.78 is 37.3. The zero-order chi connectivity index (χ0) is 91.5. The van der Waals surface area contributed by atoms with E-state index < -0.39 is 74.5 Å². The smallest absolute Gasteiger partial charge is 0.317 e. The SMILES string of the molecule is CC(=O)CC(CC(=O)O)OCO.CC(=O)CC(COCO)CC(=O)O.CC(=O)CCC(=O)O.CC(=O)CN(CCOCCOCO)CC(=O)O.CC(=O)CN(CCOCO)CC(=O)O.CCC.CCC.CCC.CCC.CCC.CCC.CCC.CCC(O)COC(CC(=O)O)C(C)=O.CCCOCO.CCO.COCO. The number of carboxylic acid groups (broad SMARTS) is 6. The van der Waals surface area contributed by atoms with E-state index in [1.165, 1.54) is 103 Å². The Balaban J connectivity index is -0.0000000654. The number of carbonyl (C=O) groups excluding carboxylic acids is 6.